The Hall–Kier alpha value is -1.14. The molecule has 0 N–H and O–H groups in total. The van der Waals surface area contributed by atoms with Gasteiger partial charge in [0, 0.05) is 19.8 Å². The van der Waals surface area contributed by atoms with E-state index in [2.05, 4.69) is 0 Å². The maximum Gasteiger partial charge on any atom is 0.243 e. The Kier molecular flexibility index (Phi) is 4.75. The Bertz CT molecular complexity index is 391. The Morgan fingerprint density at radius 1 is 1.24 bits per heavy atom. The van der Waals surface area contributed by atoms with Crippen LogP contribution >= 0.6 is 0 Å². The molecule has 2 saturated heterocycles. The van der Waals surface area contributed by atoms with Crippen LogP contribution < -0.4 is 0 Å². The van der Waals surface area contributed by atoms with Gasteiger partial charge in [0.25, 0.3) is 0 Å². The summed E-state index contributed by atoms with van der Waals surface area (Å²) in [5.41, 5.74) is 0. The predicted molar refractivity (Wildman–Crippen MR) is 75.4 cm³/mol. The normalized spacial score (nSPS) is 23.9. The van der Waals surface area contributed by atoms with Crippen LogP contribution in [-0.4, -0.2) is 67.3 Å². The smallest absolute Gasteiger partial charge is 0.243 e. The zero-order valence-corrected chi connectivity index (χ0v) is 12.5. The summed E-state index contributed by atoms with van der Waals surface area (Å²) in [6, 6.07) is 0. The maximum absolute atomic E-state index is 12.1. The molecule has 0 atom stereocenters. The molecule has 118 valence electrons. The molecule has 3 rings (SSSR count). The van der Waals surface area contributed by atoms with Gasteiger partial charge in [-0.15, -0.1) is 0 Å². The average Bonchev–Trinajstić information content (AvgIpc) is 3.23. The molecule has 0 aromatic heterocycles. The monoisotopic (exact) mass is 296 g/mol. The van der Waals surface area contributed by atoms with Gasteiger partial charge in [-0.25, -0.2) is 0 Å². The number of carbonyl (C=O) groups is 2. The quantitative estimate of drug-likeness (QED) is 0.720. The van der Waals surface area contributed by atoms with Gasteiger partial charge in [0.1, 0.15) is 6.54 Å². The summed E-state index contributed by atoms with van der Waals surface area (Å²) in [4.78, 5) is 27.4. The van der Waals surface area contributed by atoms with Gasteiger partial charge in [0.2, 0.25) is 11.8 Å². The van der Waals surface area contributed by atoms with Gasteiger partial charge in [-0.2, -0.15) is 0 Å². The van der Waals surface area contributed by atoms with Crippen LogP contribution in [0.3, 0.4) is 0 Å². The molecule has 2 aliphatic heterocycles. The van der Waals surface area contributed by atoms with Crippen molar-refractivity contribution in [3.05, 3.63) is 0 Å². The number of amides is 2. The topological polar surface area (TPSA) is 59.1 Å². The number of carbonyl (C=O) groups excluding carboxylic acids is 2. The third-order valence-corrected chi connectivity index (χ3v) is 4.39. The lowest BCUT2D eigenvalue weighted by Gasteiger charge is -2.23. The van der Waals surface area contributed by atoms with E-state index in [1.165, 1.54) is 12.8 Å². The van der Waals surface area contributed by atoms with Crippen LogP contribution in [0.5, 0.6) is 0 Å². The van der Waals surface area contributed by atoms with Crippen LogP contribution in [0.2, 0.25) is 0 Å². The predicted octanol–water partition coefficient (Wildman–Crippen LogP) is 0.610. The van der Waals surface area contributed by atoms with E-state index in [1.54, 1.807) is 4.90 Å². The Morgan fingerprint density at radius 2 is 2.00 bits per heavy atom. The summed E-state index contributed by atoms with van der Waals surface area (Å²) in [5, 5.41) is 0. The molecule has 0 aromatic carbocycles. The summed E-state index contributed by atoms with van der Waals surface area (Å²) in [5.74, 6) is 0.773. The number of hydrogen-bond donors (Lipinski definition) is 0. The van der Waals surface area contributed by atoms with Crippen LogP contribution in [0.4, 0.5) is 0 Å². The van der Waals surface area contributed by atoms with E-state index >= 15 is 0 Å². The summed E-state index contributed by atoms with van der Waals surface area (Å²) in [6.07, 6.45) is 4.84. The molecular weight excluding hydrogens is 272 g/mol. The van der Waals surface area contributed by atoms with Crippen molar-refractivity contribution in [2.45, 2.75) is 38.2 Å². The molecule has 1 aliphatic carbocycles. The van der Waals surface area contributed by atoms with Gasteiger partial charge in [-0.05, 0) is 31.6 Å². The van der Waals surface area contributed by atoms with E-state index < -0.39 is 0 Å². The number of nitrogens with zero attached hydrogens (tertiary/aromatic N) is 2. The second kappa shape index (κ2) is 6.75. The standard InChI is InChI=1S/C15H24N2O4/c18-14(5-8-21-13-3-6-20-7-4-13)17-10-15(19)16(11-17)9-12-1-2-12/h12-13H,1-11H2. The van der Waals surface area contributed by atoms with E-state index in [9.17, 15) is 9.59 Å². The van der Waals surface area contributed by atoms with Crippen molar-refractivity contribution in [1.29, 1.82) is 0 Å². The lowest BCUT2D eigenvalue weighted by Crippen LogP contribution is -2.33. The van der Waals surface area contributed by atoms with Gasteiger partial charge in [0.15, 0.2) is 0 Å². The fraction of sp³-hybridized carbons (Fsp3) is 0.867. The highest BCUT2D eigenvalue weighted by atomic mass is 16.5. The molecule has 2 amide bonds. The molecule has 0 aromatic rings. The largest absolute Gasteiger partial charge is 0.381 e. The summed E-state index contributed by atoms with van der Waals surface area (Å²) < 4.78 is 11.0. The molecule has 6 nitrogen and oxygen atoms in total. The molecule has 21 heavy (non-hydrogen) atoms. The molecule has 6 heteroatoms. The summed E-state index contributed by atoms with van der Waals surface area (Å²) in [6.45, 7) is 3.46. The molecule has 0 unspecified atom stereocenters. The van der Waals surface area contributed by atoms with Crippen LogP contribution in [0, 0.1) is 5.92 Å². The lowest BCUT2D eigenvalue weighted by atomic mass is 10.1. The average molecular weight is 296 g/mol. The van der Waals surface area contributed by atoms with Crippen molar-refractivity contribution in [3.63, 3.8) is 0 Å². The highest BCUT2D eigenvalue weighted by Gasteiger charge is 2.34. The number of rotatable bonds is 6. The first-order valence-electron chi connectivity index (χ1n) is 7.97. The molecule has 3 aliphatic rings. The molecule has 2 heterocycles. The van der Waals surface area contributed by atoms with Crippen LogP contribution in [0.1, 0.15) is 32.1 Å². The highest BCUT2D eigenvalue weighted by Crippen LogP contribution is 2.30. The fourth-order valence-corrected chi connectivity index (χ4v) is 2.85. The zero-order chi connectivity index (χ0) is 14.7. The van der Waals surface area contributed by atoms with Crippen molar-refractivity contribution >= 4 is 11.8 Å². The Balaban J connectivity index is 1.36. The van der Waals surface area contributed by atoms with Gasteiger partial charge in [-0.3, -0.25) is 9.59 Å². The second-order valence-corrected chi connectivity index (χ2v) is 6.23. The molecule has 0 spiro atoms. The van der Waals surface area contributed by atoms with Gasteiger partial charge >= 0.3 is 0 Å². The molecule has 1 saturated carbocycles. The van der Waals surface area contributed by atoms with Crippen LogP contribution in [0.25, 0.3) is 0 Å². The molecule has 0 bridgehead atoms. The van der Waals surface area contributed by atoms with E-state index in [1.807, 2.05) is 4.90 Å². The highest BCUT2D eigenvalue weighted by molar-refractivity contribution is 5.87. The summed E-state index contributed by atoms with van der Waals surface area (Å²) in [7, 11) is 0. The Morgan fingerprint density at radius 3 is 2.71 bits per heavy atom. The van der Waals surface area contributed by atoms with Crippen molar-refractivity contribution < 1.29 is 19.1 Å². The van der Waals surface area contributed by atoms with Crippen molar-refractivity contribution in [1.82, 2.24) is 9.80 Å². The molecule has 3 fully saturated rings. The SMILES string of the molecule is O=C(CCOC1CCOCC1)N1CC(=O)N(CC2CC2)C1. The van der Waals surface area contributed by atoms with E-state index in [-0.39, 0.29) is 24.5 Å². The van der Waals surface area contributed by atoms with Gasteiger partial charge in [-0.1, -0.05) is 0 Å². The Labute approximate surface area is 125 Å². The van der Waals surface area contributed by atoms with E-state index in [0.717, 1.165) is 32.6 Å². The zero-order valence-electron chi connectivity index (χ0n) is 12.5. The summed E-state index contributed by atoms with van der Waals surface area (Å²) >= 11 is 0. The second-order valence-electron chi connectivity index (χ2n) is 6.23. The van der Waals surface area contributed by atoms with Crippen LogP contribution in [-0.2, 0) is 19.1 Å². The minimum atomic E-state index is 0.0220. The minimum Gasteiger partial charge on any atom is -0.381 e. The van der Waals surface area contributed by atoms with E-state index in [0.29, 0.717) is 25.6 Å². The first-order chi connectivity index (χ1) is 10.2. The van der Waals surface area contributed by atoms with Crippen molar-refractivity contribution in [2.24, 2.45) is 5.92 Å². The maximum atomic E-state index is 12.1. The minimum absolute atomic E-state index is 0.0220. The van der Waals surface area contributed by atoms with Crippen LogP contribution in [0.15, 0.2) is 0 Å². The number of hydrogen-bond acceptors (Lipinski definition) is 4. The lowest BCUT2D eigenvalue weighted by molar-refractivity contribution is -0.133. The fourth-order valence-electron chi connectivity index (χ4n) is 2.85. The molecular formula is C15H24N2O4. The third kappa shape index (κ3) is 4.17. The van der Waals surface area contributed by atoms with Crippen molar-refractivity contribution in [2.75, 3.05) is 39.6 Å². The van der Waals surface area contributed by atoms with Gasteiger partial charge < -0.3 is 19.3 Å². The first kappa shape index (κ1) is 14.8. The molecule has 0 radical (unpaired) electrons. The first-order valence-corrected chi connectivity index (χ1v) is 7.97. The van der Waals surface area contributed by atoms with Crippen molar-refractivity contribution in [3.8, 4) is 0 Å². The van der Waals surface area contributed by atoms with Gasteiger partial charge in [0.05, 0.1) is 25.8 Å². The van der Waals surface area contributed by atoms with E-state index in [4.69, 9.17) is 9.47 Å². The third-order valence-electron chi connectivity index (χ3n) is 4.39. The number of ether oxygens (including phenoxy) is 2.